The molecule has 4 heteroatoms. The molecule has 2 heterocycles. The number of fused-ring (bicyclic) bond motifs is 1. The zero-order valence-corrected chi connectivity index (χ0v) is 9.12. The number of hydrogen-bond acceptors (Lipinski definition) is 2. The van der Waals surface area contributed by atoms with Crippen molar-refractivity contribution in [2.24, 2.45) is 5.92 Å². The van der Waals surface area contributed by atoms with Crippen LogP contribution in [0.4, 0.5) is 0 Å². The van der Waals surface area contributed by atoms with Gasteiger partial charge in [-0.3, -0.25) is 9.59 Å². The first-order valence-corrected chi connectivity index (χ1v) is 5.43. The van der Waals surface area contributed by atoms with Crippen LogP contribution in [-0.4, -0.2) is 29.3 Å². The summed E-state index contributed by atoms with van der Waals surface area (Å²) in [5, 5.41) is 2.70. The lowest BCUT2D eigenvalue weighted by atomic mass is 10.1. The molecular formula is C11H16N2O2. The molecule has 2 aliphatic rings. The molecule has 0 aromatic heterocycles. The zero-order chi connectivity index (χ0) is 11.0. The van der Waals surface area contributed by atoms with Crippen LogP contribution < -0.4 is 5.32 Å². The van der Waals surface area contributed by atoms with E-state index in [-0.39, 0.29) is 23.8 Å². The Morgan fingerprint density at radius 1 is 1.47 bits per heavy atom. The first kappa shape index (κ1) is 10.2. The number of nitrogens with one attached hydrogen (secondary N) is 1. The fourth-order valence-corrected chi connectivity index (χ4v) is 2.15. The van der Waals surface area contributed by atoms with Crippen molar-refractivity contribution in [3.8, 4) is 0 Å². The molecule has 0 radical (unpaired) electrons. The van der Waals surface area contributed by atoms with Gasteiger partial charge < -0.3 is 10.2 Å². The van der Waals surface area contributed by atoms with Gasteiger partial charge in [0, 0.05) is 6.54 Å². The maximum atomic E-state index is 11.9. The van der Waals surface area contributed by atoms with E-state index >= 15 is 0 Å². The van der Waals surface area contributed by atoms with E-state index in [1.54, 1.807) is 4.90 Å². The summed E-state index contributed by atoms with van der Waals surface area (Å²) in [6.45, 7) is 4.69. The topological polar surface area (TPSA) is 49.4 Å². The molecule has 1 unspecified atom stereocenters. The molecule has 1 atom stereocenters. The molecule has 1 N–H and O–H groups in total. The lowest BCUT2D eigenvalue weighted by molar-refractivity contribution is -0.140. The third-order valence-electron chi connectivity index (χ3n) is 2.80. The summed E-state index contributed by atoms with van der Waals surface area (Å²) in [6.07, 6.45) is 3.54. The van der Waals surface area contributed by atoms with Crippen LogP contribution in [0.1, 0.15) is 26.7 Å². The minimum Gasteiger partial charge on any atom is -0.325 e. The van der Waals surface area contributed by atoms with Gasteiger partial charge in [-0.15, -0.1) is 0 Å². The number of hydrogen-bond donors (Lipinski definition) is 1. The van der Waals surface area contributed by atoms with Gasteiger partial charge in [0.2, 0.25) is 5.91 Å². The second-order valence-corrected chi connectivity index (χ2v) is 4.47. The molecule has 2 fully saturated rings. The van der Waals surface area contributed by atoms with Crippen molar-refractivity contribution >= 4 is 11.8 Å². The Morgan fingerprint density at radius 3 is 2.87 bits per heavy atom. The fourth-order valence-electron chi connectivity index (χ4n) is 2.15. The highest BCUT2D eigenvalue weighted by molar-refractivity contribution is 6.04. The number of carbonyl (C=O) groups excluding carboxylic acids is 2. The Kier molecular flexibility index (Phi) is 2.50. The average molecular weight is 208 g/mol. The SMILES string of the molecule is CC(C)/C=C1\NC(=O)C2CCCN2C1=O. The molecule has 2 rings (SSSR count). The van der Waals surface area contributed by atoms with E-state index in [1.807, 2.05) is 19.9 Å². The maximum Gasteiger partial charge on any atom is 0.270 e. The minimum atomic E-state index is -0.221. The predicted octanol–water partition coefficient (Wildman–Crippen LogP) is 0.647. The highest BCUT2D eigenvalue weighted by Crippen LogP contribution is 2.23. The molecule has 82 valence electrons. The van der Waals surface area contributed by atoms with E-state index < -0.39 is 0 Å². The highest BCUT2D eigenvalue weighted by Gasteiger charge is 2.40. The normalized spacial score (nSPS) is 28.6. The smallest absolute Gasteiger partial charge is 0.270 e. The second-order valence-electron chi connectivity index (χ2n) is 4.47. The van der Waals surface area contributed by atoms with Gasteiger partial charge in [-0.05, 0) is 18.8 Å². The van der Waals surface area contributed by atoms with Crippen LogP contribution in [0, 0.1) is 5.92 Å². The van der Waals surface area contributed by atoms with Crippen molar-refractivity contribution in [3.05, 3.63) is 11.8 Å². The monoisotopic (exact) mass is 208 g/mol. The first-order valence-electron chi connectivity index (χ1n) is 5.43. The Balaban J connectivity index is 2.24. The van der Waals surface area contributed by atoms with Crippen molar-refractivity contribution in [3.63, 3.8) is 0 Å². The number of allylic oxidation sites excluding steroid dienone is 1. The van der Waals surface area contributed by atoms with E-state index in [1.165, 1.54) is 0 Å². The molecule has 4 nitrogen and oxygen atoms in total. The summed E-state index contributed by atoms with van der Waals surface area (Å²) in [6, 6.07) is -0.221. The Hall–Kier alpha value is -1.32. The summed E-state index contributed by atoms with van der Waals surface area (Å²) < 4.78 is 0. The van der Waals surface area contributed by atoms with E-state index in [0.717, 1.165) is 12.8 Å². The van der Waals surface area contributed by atoms with Crippen LogP contribution in [0.5, 0.6) is 0 Å². The van der Waals surface area contributed by atoms with Crippen molar-refractivity contribution in [1.82, 2.24) is 10.2 Å². The number of nitrogens with zero attached hydrogens (tertiary/aromatic N) is 1. The third kappa shape index (κ3) is 1.76. The summed E-state index contributed by atoms with van der Waals surface area (Å²) in [5.74, 6) is 0.216. The Bertz CT molecular complexity index is 333. The number of carbonyl (C=O) groups is 2. The number of amides is 2. The maximum absolute atomic E-state index is 11.9. The molecule has 2 amide bonds. The van der Waals surface area contributed by atoms with Gasteiger partial charge in [-0.1, -0.05) is 19.9 Å². The van der Waals surface area contributed by atoms with Gasteiger partial charge in [0.25, 0.3) is 5.91 Å². The number of rotatable bonds is 1. The molecule has 0 aromatic carbocycles. The van der Waals surface area contributed by atoms with Crippen LogP contribution in [0.15, 0.2) is 11.8 Å². The van der Waals surface area contributed by atoms with Gasteiger partial charge >= 0.3 is 0 Å². The van der Waals surface area contributed by atoms with Crippen molar-refractivity contribution in [2.45, 2.75) is 32.7 Å². The first-order chi connectivity index (χ1) is 7.09. The average Bonchev–Trinajstić information content (AvgIpc) is 2.61. The molecule has 0 aliphatic carbocycles. The molecule has 2 aliphatic heterocycles. The third-order valence-corrected chi connectivity index (χ3v) is 2.80. The molecule has 0 spiro atoms. The predicted molar refractivity (Wildman–Crippen MR) is 55.8 cm³/mol. The van der Waals surface area contributed by atoms with Crippen LogP contribution in [0.25, 0.3) is 0 Å². The summed E-state index contributed by atoms with van der Waals surface area (Å²) >= 11 is 0. The largest absolute Gasteiger partial charge is 0.325 e. The summed E-state index contributed by atoms with van der Waals surface area (Å²) in [5.41, 5.74) is 0.452. The molecule has 0 saturated carbocycles. The van der Waals surface area contributed by atoms with Crippen LogP contribution in [0.2, 0.25) is 0 Å². The molecular weight excluding hydrogens is 192 g/mol. The molecule has 0 aromatic rings. The van der Waals surface area contributed by atoms with Crippen molar-refractivity contribution < 1.29 is 9.59 Å². The van der Waals surface area contributed by atoms with Gasteiger partial charge in [-0.25, -0.2) is 0 Å². The summed E-state index contributed by atoms with van der Waals surface area (Å²) in [4.78, 5) is 25.3. The standard InChI is InChI=1S/C11H16N2O2/c1-7(2)6-8-11(15)13-5-3-4-9(13)10(14)12-8/h6-7,9H,3-5H2,1-2H3,(H,12,14)/b8-6-. The Labute approximate surface area is 89.3 Å². The quantitative estimate of drug-likeness (QED) is 0.643. The van der Waals surface area contributed by atoms with Crippen LogP contribution >= 0.6 is 0 Å². The van der Waals surface area contributed by atoms with Crippen LogP contribution in [0.3, 0.4) is 0 Å². The van der Waals surface area contributed by atoms with Gasteiger partial charge in [-0.2, -0.15) is 0 Å². The molecule has 15 heavy (non-hydrogen) atoms. The Morgan fingerprint density at radius 2 is 2.20 bits per heavy atom. The lowest BCUT2D eigenvalue weighted by Crippen LogP contribution is -2.54. The zero-order valence-electron chi connectivity index (χ0n) is 9.12. The van der Waals surface area contributed by atoms with E-state index in [9.17, 15) is 9.59 Å². The second kappa shape index (κ2) is 3.68. The molecule has 0 bridgehead atoms. The van der Waals surface area contributed by atoms with Crippen LogP contribution in [-0.2, 0) is 9.59 Å². The fraction of sp³-hybridized carbons (Fsp3) is 0.636. The van der Waals surface area contributed by atoms with E-state index in [2.05, 4.69) is 5.32 Å². The van der Waals surface area contributed by atoms with E-state index in [4.69, 9.17) is 0 Å². The van der Waals surface area contributed by atoms with Gasteiger partial charge in [0.1, 0.15) is 11.7 Å². The van der Waals surface area contributed by atoms with Crippen molar-refractivity contribution in [2.75, 3.05) is 6.54 Å². The number of piperazine rings is 1. The van der Waals surface area contributed by atoms with Gasteiger partial charge in [0.15, 0.2) is 0 Å². The highest BCUT2D eigenvalue weighted by atomic mass is 16.2. The van der Waals surface area contributed by atoms with Crippen molar-refractivity contribution in [1.29, 1.82) is 0 Å². The van der Waals surface area contributed by atoms with E-state index in [0.29, 0.717) is 12.2 Å². The summed E-state index contributed by atoms with van der Waals surface area (Å²) in [7, 11) is 0. The van der Waals surface area contributed by atoms with Gasteiger partial charge in [0.05, 0.1) is 0 Å². The minimum absolute atomic E-state index is 0.0224. The molecule has 2 saturated heterocycles. The lowest BCUT2D eigenvalue weighted by Gasteiger charge is -2.30.